The van der Waals surface area contributed by atoms with Crippen LogP contribution in [0.25, 0.3) is 0 Å². The van der Waals surface area contributed by atoms with E-state index in [1.807, 2.05) is 0 Å². The van der Waals surface area contributed by atoms with Crippen molar-refractivity contribution in [3.05, 3.63) is 22.5 Å². The molecule has 0 bridgehead atoms. The minimum atomic E-state index is -1.03. The van der Waals surface area contributed by atoms with Crippen LogP contribution in [0.15, 0.2) is 6.07 Å². The Kier molecular flexibility index (Phi) is 3.49. The summed E-state index contributed by atoms with van der Waals surface area (Å²) in [5.74, 6) is -3.14. The van der Waals surface area contributed by atoms with Crippen molar-refractivity contribution in [2.45, 2.75) is 0 Å². The van der Waals surface area contributed by atoms with Gasteiger partial charge < -0.3 is 15.5 Å². The summed E-state index contributed by atoms with van der Waals surface area (Å²) in [6.45, 7) is -0.162. The number of phenols is 2. The molecule has 0 saturated carbocycles. The number of carbonyl (C=O) groups excluding carboxylic acids is 1. The van der Waals surface area contributed by atoms with Gasteiger partial charge in [0.05, 0.1) is 11.6 Å². The second-order valence-corrected chi connectivity index (χ2v) is 3.28. The lowest BCUT2D eigenvalue weighted by molar-refractivity contribution is 0.0986. The summed E-state index contributed by atoms with van der Waals surface area (Å²) in [6, 6.07) is 0.836. The Bertz CT molecular complexity index is 383. The number of likely N-dealkylation sites (N-methyl/N-ethyl adjacent to an activating group) is 1. The Balaban J connectivity index is 3.32. The Morgan fingerprint density at radius 3 is 2.73 bits per heavy atom. The summed E-state index contributed by atoms with van der Waals surface area (Å²) in [4.78, 5) is 11.4. The number of halogens is 2. The van der Waals surface area contributed by atoms with Crippen LogP contribution in [-0.4, -0.2) is 29.6 Å². The van der Waals surface area contributed by atoms with E-state index in [0.717, 1.165) is 6.07 Å². The molecule has 0 fully saturated rings. The van der Waals surface area contributed by atoms with Crippen molar-refractivity contribution in [1.29, 1.82) is 0 Å². The average Bonchev–Trinajstić information content (AvgIpc) is 2.16. The second-order valence-electron chi connectivity index (χ2n) is 2.87. The van der Waals surface area contributed by atoms with Gasteiger partial charge in [-0.3, -0.25) is 4.79 Å². The molecular weight excluding hydrogens is 225 g/mol. The van der Waals surface area contributed by atoms with Gasteiger partial charge in [-0.25, -0.2) is 4.39 Å². The van der Waals surface area contributed by atoms with Gasteiger partial charge in [-0.1, -0.05) is 11.6 Å². The van der Waals surface area contributed by atoms with E-state index < -0.39 is 33.7 Å². The van der Waals surface area contributed by atoms with Gasteiger partial charge in [0.2, 0.25) is 0 Å². The molecular formula is C9H9ClFNO3. The first-order valence-corrected chi connectivity index (χ1v) is 4.44. The first-order valence-electron chi connectivity index (χ1n) is 4.06. The fraction of sp³-hybridized carbons (Fsp3) is 0.222. The third-order valence-corrected chi connectivity index (χ3v) is 2.06. The molecule has 3 N–H and O–H groups in total. The highest BCUT2D eigenvalue weighted by Crippen LogP contribution is 2.35. The van der Waals surface area contributed by atoms with Crippen molar-refractivity contribution in [3.63, 3.8) is 0 Å². The molecule has 82 valence electrons. The van der Waals surface area contributed by atoms with Gasteiger partial charge in [-0.05, 0) is 7.05 Å². The molecule has 1 aromatic carbocycles. The number of rotatable bonds is 3. The number of Topliss-reactive ketones (excluding diaryl/α,β-unsaturated/α-hetero) is 1. The molecule has 0 aromatic heterocycles. The number of hydrogen-bond acceptors (Lipinski definition) is 4. The van der Waals surface area contributed by atoms with Crippen LogP contribution in [0.3, 0.4) is 0 Å². The zero-order valence-electron chi connectivity index (χ0n) is 7.84. The fourth-order valence-corrected chi connectivity index (χ4v) is 1.30. The zero-order valence-corrected chi connectivity index (χ0v) is 8.60. The highest BCUT2D eigenvalue weighted by atomic mass is 35.5. The van der Waals surface area contributed by atoms with Gasteiger partial charge in [-0.15, -0.1) is 0 Å². The lowest BCUT2D eigenvalue weighted by Crippen LogP contribution is -2.19. The number of carbonyl (C=O) groups is 1. The van der Waals surface area contributed by atoms with Gasteiger partial charge in [0.15, 0.2) is 23.1 Å². The number of hydrogen-bond donors (Lipinski definition) is 3. The average molecular weight is 234 g/mol. The third kappa shape index (κ3) is 2.19. The van der Waals surface area contributed by atoms with Crippen LogP contribution in [0.5, 0.6) is 11.5 Å². The summed E-state index contributed by atoms with van der Waals surface area (Å²) in [5, 5.41) is 20.5. The molecule has 0 unspecified atom stereocenters. The number of ketones is 1. The minimum Gasteiger partial charge on any atom is -0.504 e. The van der Waals surface area contributed by atoms with Crippen LogP contribution >= 0.6 is 11.6 Å². The van der Waals surface area contributed by atoms with Gasteiger partial charge in [0, 0.05) is 6.07 Å². The summed E-state index contributed by atoms with van der Waals surface area (Å²) in [6.07, 6.45) is 0. The first kappa shape index (κ1) is 11.7. The molecule has 0 atom stereocenters. The summed E-state index contributed by atoms with van der Waals surface area (Å²) >= 11 is 5.42. The highest BCUT2D eigenvalue weighted by Gasteiger charge is 2.22. The summed E-state index contributed by atoms with van der Waals surface area (Å²) in [7, 11) is 1.50. The van der Waals surface area contributed by atoms with Crippen molar-refractivity contribution >= 4 is 17.4 Å². The topological polar surface area (TPSA) is 69.6 Å². The van der Waals surface area contributed by atoms with Gasteiger partial charge >= 0.3 is 0 Å². The van der Waals surface area contributed by atoms with E-state index in [-0.39, 0.29) is 6.54 Å². The Morgan fingerprint density at radius 2 is 2.20 bits per heavy atom. The highest BCUT2D eigenvalue weighted by molar-refractivity contribution is 6.31. The van der Waals surface area contributed by atoms with Crippen LogP contribution in [0.2, 0.25) is 5.02 Å². The Morgan fingerprint density at radius 1 is 1.60 bits per heavy atom. The van der Waals surface area contributed by atoms with Crippen LogP contribution in [0.1, 0.15) is 10.4 Å². The number of nitrogens with one attached hydrogen (secondary N) is 1. The van der Waals surface area contributed by atoms with E-state index in [4.69, 9.17) is 16.7 Å². The van der Waals surface area contributed by atoms with E-state index in [1.165, 1.54) is 7.05 Å². The fourth-order valence-electron chi connectivity index (χ4n) is 1.11. The van der Waals surface area contributed by atoms with Crippen molar-refractivity contribution in [2.75, 3.05) is 13.6 Å². The molecule has 0 amide bonds. The lowest BCUT2D eigenvalue weighted by atomic mass is 10.1. The summed E-state index contributed by atoms with van der Waals surface area (Å²) in [5.41, 5.74) is -0.602. The maximum absolute atomic E-state index is 13.4. The molecule has 15 heavy (non-hydrogen) atoms. The Hall–Kier alpha value is -1.33. The smallest absolute Gasteiger partial charge is 0.183 e. The maximum Gasteiger partial charge on any atom is 0.183 e. The molecule has 4 nitrogen and oxygen atoms in total. The minimum absolute atomic E-state index is 0.162. The zero-order chi connectivity index (χ0) is 11.6. The molecule has 1 aromatic rings. The normalized spacial score (nSPS) is 10.3. The van der Waals surface area contributed by atoms with Crippen LogP contribution in [-0.2, 0) is 0 Å². The standard InChI is InChI=1S/C9H9ClFNO3/c1-12-3-6(14)7-8(11)4(10)2-5(13)9(7)15/h2,12-13,15H,3H2,1H3. The van der Waals surface area contributed by atoms with E-state index in [2.05, 4.69) is 5.32 Å². The van der Waals surface area contributed by atoms with Crippen LogP contribution < -0.4 is 5.32 Å². The predicted molar refractivity (Wildman–Crippen MR) is 53.0 cm³/mol. The van der Waals surface area contributed by atoms with E-state index in [0.29, 0.717) is 0 Å². The molecule has 0 saturated heterocycles. The molecule has 0 aliphatic heterocycles. The molecule has 0 radical (unpaired) electrons. The van der Waals surface area contributed by atoms with Crippen molar-refractivity contribution in [3.8, 4) is 11.5 Å². The van der Waals surface area contributed by atoms with Gasteiger partial charge in [0.25, 0.3) is 0 Å². The number of benzene rings is 1. The van der Waals surface area contributed by atoms with E-state index >= 15 is 0 Å². The largest absolute Gasteiger partial charge is 0.504 e. The van der Waals surface area contributed by atoms with Crippen LogP contribution in [0, 0.1) is 5.82 Å². The molecule has 0 spiro atoms. The second kappa shape index (κ2) is 4.46. The van der Waals surface area contributed by atoms with Gasteiger partial charge in [0.1, 0.15) is 5.56 Å². The summed E-state index contributed by atoms with van der Waals surface area (Å²) < 4.78 is 13.4. The monoisotopic (exact) mass is 233 g/mol. The lowest BCUT2D eigenvalue weighted by Gasteiger charge is -2.07. The van der Waals surface area contributed by atoms with E-state index in [9.17, 15) is 14.3 Å². The van der Waals surface area contributed by atoms with E-state index in [1.54, 1.807) is 0 Å². The van der Waals surface area contributed by atoms with Crippen molar-refractivity contribution in [2.24, 2.45) is 0 Å². The SMILES string of the molecule is CNCC(=O)c1c(O)c(O)cc(Cl)c1F. The quantitative estimate of drug-likeness (QED) is 0.544. The molecule has 0 aliphatic carbocycles. The Labute approximate surface area is 90.3 Å². The predicted octanol–water partition coefficient (Wildman–Crippen LogP) is 1.29. The number of aromatic hydroxyl groups is 2. The number of phenolic OH excluding ortho intramolecular Hbond substituents is 2. The van der Waals surface area contributed by atoms with Gasteiger partial charge in [-0.2, -0.15) is 0 Å². The molecule has 0 heterocycles. The third-order valence-electron chi connectivity index (χ3n) is 1.79. The maximum atomic E-state index is 13.4. The molecule has 0 aliphatic rings. The van der Waals surface area contributed by atoms with Crippen LogP contribution in [0.4, 0.5) is 4.39 Å². The first-order chi connectivity index (χ1) is 6.99. The molecule has 6 heteroatoms. The van der Waals surface area contributed by atoms with Crippen molar-refractivity contribution < 1.29 is 19.4 Å². The van der Waals surface area contributed by atoms with Crippen molar-refractivity contribution in [1.82, 2.24) is 5.32 Å². The molecule has 1 rings (SSSR count).